The van der Waals surface area contributed by atoms with Gasteiger partial charge in [0.2, 0.25) is 5.95 Å². The van der Waals surface area contributed by atoms with E-state index in [1.165, 1.54) is 0 Å². The minimum atomic E-state index is -1.02. The lowest BCUT2D eigenvalue weighted by molar-refractivity contribution is 0.00446. The lowest BCUT2D eigenvalue weighted by atomic mass is 10.1. The molecule has 35 heavy (non-hydrogen) atoms. The van der Waals surface area contributed by atoms with Crippen molar-refractivity contribution < 1.29 is 15.3 Å². The number of nitrogens with zero attached hydrogens (tertiary/aromatic N) is 3. The first-order chi connectivity index (χ1) is 16.9. The molecule has 8 nitrogen and oxygen atoms in total. The lowest BCUT2D eigenvalue weighted by Gasteiger charge is -2.22. The van der Waals surface area contributed by atoms with Crippen LogP contribution in [0.4, 0.5) is 11.8 Å². The summed E-state index contributed by atoms with van der Waals surface area (Å²) < 4.78 is 1.06. The van der Waals surface area contributed by atoms with Gasteiger partial charge in [-0.25, -0.2) is 9.97 Å². The quantitative estimate of drug-likeness (QED) is 0.265. The second-order valence-corrected chi connectivity index (χ2v) is 10.1. The molecule has 5 atom stereocenters. The Morgan fingerprint density at radius 2 is 1.74 bits per heavy atom. The number of aryl methyl sites for hydroxylation is 1. The van der Waals surface area contributed by atoms with E-state index in [2.05, 4.69) is 10.6 Å². The molecule has 1 aliphatic carbocycles. The minimum Gasteiger partial charge on any atom is -0.396 e. The fraction of sp³-hybridized carbons (Fsp3) is 0.346. The van der Waals surface area contributed by atoms with E-state index < -0.39 is 24.2 Å². The van der Waals surface area contributed by atoms with Gasteiger partial charge in [-0.15, -0.1) is 11.3 Å². The third-order valence-electron chi connectivity index (χ3n) is 6.60. The molecule has 0 spiro atoms. The average molecular weight is 492 g/mol. The number of benzene rings is 2. The molecular formula is C26H29N5O3S. The van der Waals surface area contributed by atoms with Crippen molar-refractivity contribution >= 4 is 33.3 Å². The van der Waals surface area contributed by atoms with Crippen molar-refractivity contribution in [2.75, 3.05) is 17.2 Å². The number of aliphatic hydroxyl groups excluding tert-OH is 3. The molecule has 0 radical (unpaired) electrons. The second kappa shape index (κ2) is 9.87. The van der Waals surface area contributed by atoms with Crippen LogP contribution in [0.15, 0.2) is 54.6 Å². The molecule has 0 saturated heterocycles. The van der Waals surface area contributed by atoms with Gasteiger partial charge in [0.25, 0.3) is 0 Å². The van der Waals surface area contributed by atoms with E-state index in [-0.39, 0.29) is 12.6 Å². The molecule has 182 valence electrons. The van der Waals surface area contributed by atoms with Crippen LogP contribution in [-0.4, -0.2) is 55.1 Å². The molecule has 1 fully saturated rings. The smallest absolute Gasteiger partial charge is 0.225 e. The highest BCUT2D eigenvalue weighted by Gasteiger charge is 2.41. The highest BCUT2D eigenvalue weighted by Crippen LogP contribution is 2.38. The Morgan fingerprint density at radius 3 is 2.46 bits per heavy atom. The molecule has 2 aromatic heterocycles. The van der Waals surface area contributed by atoms with Crippen LogP contribution < -0.4 is 10.6 Å². The van der Waals surface area contributed by atoms with E-state index in [1.54, 1.807) is 11.3 Å². The zero-order valence-corrected chi connectivity index (χ0v) is 20.4. The summed E-state index contributed by atoms with van der Waals surface area (Å²) in [6.45, 7) is 3.78. The number of fused-ring (bicyclic) bond motifs is 1. The molecule has 1 saturated carbocycles. The molecule has 2 aromatic carbocycles. The van der Waals surface area contributed by atoms with Gasteiger partial charge in [-0.2, -0.15) is 4.98 Å². The maximum Gasteiger partial charge on any atom is 0.225 e. The van der Waals surface area contributed by atoms with Crippen LogP contribution in [-0.2, 0) is 0 Å². The van der Waals surface area contributed by atoms with E-state index in [4.69, 9.17) is 15.0 Å². The number of rotatable bonds is 7. The number of aliphatic hydroxyl groups is 3. The van der Waals surface area contributed by atoms with Gasteiger partial charge in [-0.3, -0.25) is 0 Å². The summed E-state index contributed by atoms with van der Waals surface area (Å²) in [5.74, 6) is 0.596. The molecule has 4 aromatic rings. The number of hydrogen-bond acceptors (Lipinski definition) is 9. The van der Waals surface area contributed by atoms with Crippen molar-refractivity contribution in [1.82, 2.24) is 15.0 Å². The standard InChI is InChI=1S/C26H29N5O3S/c1-14(16-8-4-3-5-9-16)27-26-28-15(2)21(25-30-18-10-6-7-11-20(18)35-25)24(31-26)29-19-12-17(13-32)22(33)23(19)34/h3-11,14,17,19,22-23,32-34H,12-13H2,1-2H3,(H2,27,28,29,31)/t14-,17-,19-,22-,23+/m1/s1. The van der Waals surface area contributed by atoms with E-state index in [0.29, 0.717) is 18.2 Å². The summed E-state index contributed by atoms with van der Waals surface area (Å²) in [4.78, 5) is 14.3. The number of thiazole rings is 1. The van der Waals surface area contributed by atoms with Gasteiger partial charge in [0, 0.05) is 12.5 Å². The fourth-order valence-electron chi connectivity index (χ4n) is 4.62. The van der Waals surface area contributed by atoms with Crippen LogP contribution in [0.3, 0.4) is 0 Å². The maximum atomic E-state index is 10.6. The first-order valence-corrected chi connectivity index (χ1v) is 12.6. The number of aromatic nitrogens is 3. The summed E-state index contributed by atoms with van der Waals surface area (Å²) >= 11 is 1.56. The number of anilines is 2. The Balaban J connectivity index is 1.54. The maximum absolute atomic E-state index is 10.6. The predicted molar refractivity (Wildman–Crippen MR) is 138 cm³/mol. The number of para-hydroxylation sites is 1. The zero-order valence-electron chi connectivity index (χ0n) is 19.6. The second-order valence-electron chi connectivity index (χ2n) is 9.03. The van der Waals surface area contributed by atoms with Crippen LogP contribution >= 0.6 is 11.3 Å². The summed E-state index contributed by atoms with van der Waals surface area (Å²) in [6.07, 6.45) is -1.60. The Labute approximate surface area is 207 Å². The monoisotopic (exact) mass is 491 g/mol. The van der Waals surface area contributed by atoms with Crippen molar-refractivity contribution in [2.45, 2.75) is 44.6 Å². The Kier molecular flexibility index (Phi) is 6.66. The molecule has 0 unspecified atom stereocenters. The summed E-state index contributed by atoms with van der Waals surface area (Å²) in [5.41, 5.74) is 3.52. The lowest BCUT2D eigenvalue weighted by Crippen LogP contribution is -2.35. The SMILES string of the molecule is Cc1nc(N[C@H](C)c2ccccc2)nc(N[C@@H]2C[C@H](CO)[C@@H](O)[C@H]2O)c1-c1nc2ccccc2s1. The van der Waals surface area contributed by atoms with Crippen molar-refractivity contribution in [2.24, 2.45) is 5.92 Å². The average Bonchev–Trinajstić information content (AvgIpc) is 3.40. The van der Waals surface area contributed by atoms with Crippen LogP contribution in [0.25, 0.3) is 20.8 Å². The van der Waals surface area contributed by atoms with E-state index >= 15 is 0 Å². The van der Waals surface area contributed by atoms with Crippen molar-refractivity contribution in [3.05, 3.63) is 65.9 Å². The number of hydrogen-bond donors (Lipinski definition) is 5. The van der Waals surface area contributed by atoms with Gasteiger partial charge in [0.15, 0.2) is 0 Å². The number of nitrogens with one attached hydrogen (secondary N) is 2. The highest BCUT2D eigenvalue weighted by molar-refractivity contribution is 7.21. The van der Waals surface area contributed by atoms with Crippen molar-refractivity contribution in [3.63, 3.8) is 0 Å². The molecule has 9 heteroatoms. The molecule has 1 aliphatic rings. The molecule has 0 aliphatic heterocycles. The molecule has 5 N–H and O–H groups in total. The van der Waals surface area contributed by atoms with Gasteiger partial charge < -0.3 is 26.0 Å². The minimum absolute atomic E-state index is 0.0191. The third-order valence-corrected chi connectivity index (χ3v) is 7.66. The van der Waals surface area contributed by atoms with Gasteiger partial charge in [0.05, 0.1) is 39.7 Å². The predicted octanol–water partition coefficient (Wildman–Crippen LogP) is 3.75. The molecule has 0 amide bonds. The Bertz CT molecular complexity index is 1280. The van der Waals surface area contributed by atoms with Gasteiger partial charge >= 0.3 is 0 Å². The zero-order chi connectivity index (χ0) is 24.5. The van der Waals surface area contributed by atoms with E-state index in [0.717, 1.165) is 32.0 Å². The summed E-state index contributed by atoms with van der Waals surface area (Å²) in [7, 11) is 0. The van der Waals surface area contributed by atoms with Gasteiger partial charge in [0.1, 0.15) is 16.9 Å². The summed E-state index contributed by atoms with van der Waals surface area (Å²) in [5, 5.41) is 38.1. The molecular weight excluding hydrogens is 462 g/mol. The molecule has 5 rings (SSSR count). The highest BCUT2D eigenvalue weighted by atomic mass is 32.1. The molecule has 2 heterocycles. The Morgan fingerprint density at radius 1 is 1.00 bits per heavy atom. The third kappa shape index (κ3) is 4.72. The van der Waals surface area contributed by atoms with Crippen LogP contribution in [0.1, 0.15) is 30.6 Å². The normalized spacial score (nSPS) is 22.9. The topological polar surface area (TPSA) is 123 Å². The first-order valence-electron chi connectivity index (χ1n) is 11.7. The van der Waals surface area contributed by atoms with Crippen molar-refractivity contribution in [1.29, 1.82) is 0 Å². The first kappa shape index (κ1) is 23.6. The largest absolute Gasteiger partial charge is 0.396 e. The van der Waals surface area contributed by atoms with E-state index in [9.17, 15) is 15.3 Å². The van der Waals surface area contributed by atoms with Crippen LogP contribution in [0.5, 0.6) is 0 Å². The molecule has 0 bridgehead atoms. The van der Waals surface area contributed by atoms with Gasteiger partial charge in [-0.1, -0.05) is 42.5 Å². The van der Waals surface area contributed by atoms with Gasteiger partial charge in [-0.05, 0) is 38.0 Å². The van der Waals surface area contributed by atoms with Crippen LogP contribution in [0, 0.1) is 12.8 Å². The van der Waals surface area contributed by atoms with Crippen molar-refractivity contribution in [3.8, 4) is 10.6 Å². The fourth-order valence-corrected chi connectivity index (χ4v) is 5.68. The Hall–Kier alpha value is -3.11. The summed E-state index contributed by atoms with van der Waals surface area (Å²) in [6, 6.07) is 17.5. The van der Waals surface area contributed by atoms with E-state index in [1.807, 2.05) is 68.4 Å². The van der Waals surface area contributed by atoms with Crippen LogP contribution in [0.2, 0.25) is 0 Å².